The Hall–Kier alpha value is -3.61. The monoisotopic (exact) mass is 888 g/mol. The number of halogens is 3. The van der Waals surface area contributed by atoms with Crippen molar-refractivity contribution in [3.05, 3.63) is 140 Å². The molecule has 0 aliphatic rings. The molecule has 0 atom stereocenters. The number of methoxy groups -OCH3 is 2. The maximum Gasteiger partial charge on any atom is 0.302 e. The highest BCUT2D eigenvalue weighted by Gasteiger charge is 2.06. The van der Waals surface area contributed by atoms with E-state index < -0.39 is 0 Å². The van der Waals surface area contributed by atoms with Crippen LogP contribution >= 0.6 is 47.8 Å². The Morgan fingerprint density at radius 2 is 0.980 bits per heavy atom. The zero-order valence-corrected chi connectivity index (χ0v) is 33.7. The van der Waals surface area contributed by atoms with Gasteiger partial charge in [0.25, 0.3) is 0 Å². The van der Waals surface area contributed by atoms with Crippen LogP contribution in [-0.4, -0.2) is 45.3 Å². The Kier molecular flexibility index (Phi) is 20.1. The molecule has 8 nitrogen and oxygen atoms in total. The van der Waals surface area contributed by atoms with Crippen LogP contribution in [0.4, 0.5) is 0 Å². The van der Waals surface area contributed by atoms with Crippen molar-refractivity contribution in [2.45, 2.75) is 33.4 Å². The number of allylic oxidation sites excluding steroid dienone is 1. The molecule has 11 heteroatoms. The van der Waals surface area contributed by atoms with Crippen molar-refractivity contribution in [2.24, 2.45) is 0 Å². The van der Waals surface area contributed by atoms with Gasteiger partial charge in [0.2, 0.25) is 0 Å². The van der Waals surface area contributed by atoms with E-state index in [0.29, 0.717) is 39.6 Å². The molecule has 0 amide bonds. The SMILES string of the molecule is COc1ccc(COc2ccc(Br)c(COC/C=C/CBr)c2)cc1.COc1ccc(COc2ccc(Br)c(COC/C=C/COC(C)=O)c2)cc1. The molecule has 0 N–H and O–H groups in total. The number of hydrogen-bond acceptors (Lipinski definition) is 8. The Morgan fingerprint density at radius 1 is 0.569 bits per heavy atom. The normalized spacial score (nSPS) is 10.9. The largest absolute Gasteiger partial charge is 0.497 e. The molecule has 0 spiro atoms. The average molecular weight is 891 g/mol. The molecule has 0 aromatic heterocycles. The van der Waals surface area contributed by atoms with Gasteiger partial charge in [-0.05, 0) is 89.0 Å². The van der Waals surface area contributed by atoms with Crippen LogP contribution in [0, 0.1) is 0 Å². The van der Waals surface area contributed by atoms with Crippen LogP contribution in [-0.2, 0) is 45.4 Å². The predicted octanol–water partition coefficient (Wildman–Crippen LogP) is 10.2. The fourth-order valence-electron chi connectivity index (χ4n) is 4.19. The second-order valence-corrected chi connectivity index (χ2v) is 13.1. The van der Waals surface area contributed by atoms with E-state index in [1.165, 1.54) is 6.92 Å². The van der Waals surface area contributed by atoms with Crippen molar-refractivity contribution in [1.29, 1.82) is 0 Å². The molecule has 0 saturated carbocycles. The third-order valence-electron chi connectivity index (χ3n) is 6.91. The number of ether oxygens (including phenoxy) is 7. The molecule has 4 aromatic carbocycles. The van der Waals surface area contributed by atoms with Crippen LogP contribution in [0.5, 0.6) is 23.0 Å². The first-order valence-corrected chi connectivity index (χ1v) is 18.7. The van der Waals surface area contributed by atoms with Gasteiger partial charge in [-0.25, -0.2) is 0 Å². The molecule has 0 saturated heterocycles. The van der Waals surface area contributed by atoms with E-state index in [9.17, 15) is 4.79 Å². The zero-order valence-electron chi connectivity index (χ0n) is 28.9. The summed E-state index contributed by atoms with van der Waals surface area (Å²) in [4.78, 5) is 10.6. The summed E-state index contributed by atoms with van der Waals surface area (Å²) in [5, 5.41) is 0.842. The van der Waals surface area contributed by atoms with Crippen LogP contribution in [0.15, 0.2) is 118 Å². The van der Waals surface area contributed by atoms with Crippen LogP contribution in [0.25, 0.3) is 0 Å². The summed E-state index contributed by atoms with van der Waals surface area (Å²) >= 11 is 10.4. The fraction of sp³-hybridized carbons (Fsp3) is 0.275. The lowest BCUT2D eigenvalue weighted by Crippen LogP contribution is -1.99. The van der Waals surface area contributed by atoms with E-state index in [4.69, 9.17) is 33.2 Å². The maximum absolute atomic E-state index is 10.6. The first-order chi connectivity index (χ1) is 24.8. The minimum absolute atomic E-state index is 0.261. The topological polar surface area (TPSA) is 81.7 Å². The molecule has 4 aromatic rings. The van der Waals surface area contributed by atoms with Gasteiger partial charge in [-0.15, -0.1) is 0 Å². The van der Waals surface area contributed by atoms with E-state index in [1.807, 2.05) is 103 Å². The highest BCUT2D eigenvalue weighted by molar-refractivity contribution is 9.11. The van der Waals surface area contributed by atoms with Gasteiger partial charge in [0.15, 0.2) is 0 Å². The Labute approximate surface area is 326 Å². The molecule has 51 heavy (non-hydrogen) atoms. The second-order valence-electron chi connectivity index (χ2n) is 10.7. The van der Waals surface area contributed by atoms with Crippen molar-refractivity contribution in [3.8, 4) is 23.0 Å². The summed E-state index contributed by atoms with van der Waals surface area (Å²) in [6.07, 6.45) is 7.59. The van der Waals surface area contributed by atoms with E-state index in [-0.39, 0.29) is 12.6 Å². The highest BCUT2D eigenvalue weighted by Crippen LogP contribution is 2.26. The highest BCUT2D eigenvalue weighted by atomic mass is 79.9. The van der Waals surface area contributed by atoms with Crippen LogP contribution in [0.3, 0.4) is 0 Å². The lowest BCUT2D eigenvalue weighted by molar-refractivity contribution is -0.139. The zero-order chi connectivity index (χ0) is 36.7. The molecule has 0 bridgehead atoms. The minimum Gasteiger partial charge on any atom is -0.497 e. The molecule has 0 heterocycles. The molecule has 0 fully saturated rings. The number of esters is 1. The standard InChI is InChI=1S/C21H23BrO5.C19H20Br2O3/c1-16(23)26-12-4-3-11-25-15-18-13-20(9-10-21(18)22)27-14-17-5-7-19(24-2)8-6-17;1-22-17-6-4-15(5-7-17)13-24-18-8-9-19(21)16(12-18)14-23-11-3-2-10-20/h3-10,13H,11-12,14-15H2,1-2H3;2-9,12H,10-11,13-14H2,1H3/b4-3+;3-2+. The summed E-state index contributed by atoms with van der Waals surface area (Å²) in [7, 11) is 3.30. The van der Waals surface area contributed by atoms with Gasteiger partial charge in [-0.3, -0.25) is 4.79 Å². The number of rotatable bonds is 19. The predicted molar refractivity (Wildman–Crippen MR) is 211 cm³/mol. The Bertz CT molecular complexity index is 1660. The summed E-state index contributed by atoms with van der Waals surface area (Å²) < 4.78 is 40.1. The van der Waals surface area contributed by atoms with Crippen molar-refractivity contribution >= 4 is 53.8 Å². The van der Waals surface area contributed by atoms with Crippen molar-refractivity contribution in [2.75, 3.05) is 39.4 Å². The number of alkyl halides is 1. The van der Waals surface area contributed by atoms with Crippen molar-refractivity contribution in [3.63, 3.8) is 0 Å². The minimum atomic E-state index is -0.295. The third-order valence-corrected chi connectivity index (χ3v) is 8.83. The Morgan fingerprint density at radius 3 is 1.39 bits per heavy atom. The number of hydrogen-bond donors (Lipinski definition) is 0. The quantitative estimate of drug-likeness (QED) is 0.0399. The lowest BCUT2D eigenvalue weighted by Gasteiger charge is -2.10. The van der Waals surface area contributed by atoms with Gasteiger partial charge >= 0.3 is 5.97 Å². The molecule has 0 unspecified atom stereocenters. The van der Waals surface area contributed by atoms with E-state index in [0.717, 1.165) is 59.5 Å². The number of carbonyl (C=O) groups excluding carboxylic acids is 1. The summed E-state index contributed by atoms with van der Waals surface area (Å²) in [5.74, 6) is 2.97. The molecular formula is C40H43Br3O8. The van der Waals surface area contributed by atoms with Crippen LogP contribution in [0.1, 0.15) is 29.2 Å². The molecule has 0 radical (unpaired) electrons. The van der Waals surface area contributed by atoms with Gasteiger partial charge in [-0.1, -0.05) is 90.3 Å². The summed E-state index contributed by atoms with van der Waals surface area (Å²) in [6.45, 7) is 4.64. The first-order valence-electron chi connectivity index (χ1n) is 16.0. The van der Waals surface area contributed by atoms with E-state index in [1.54, 1.807) is 20.3 Å². The maximum atomic E-state index is 10.6. The van der Waals surface area contributed by atoms with Gasteiger partial charge in [0, 0.05) is 21.2 Å². The molecule has 0 aliphatic heterocycles. The summed E-state index contributed by atoms with van der Waals surface area (Å²) in [6, 6.07) is 27.4. The number of benzene rings is 4. The van der Waals surface area contributed by atoms with Gasteiger partial charge < -0.3 is 33.2 Å². The molecule has 272 valence electrons. The molecular weight excluding hydrogens is 848 g/mol. The molecule has 0 aliphatic carbocycles. The van der Waals surface area contributed by atoms with E-state index in [2.05, 4.69) is 47.8 Å². The van der Waals surface area contributed by atoms with E-state index >= 15 is 0 Å². The van der Waals surface area contributed by atoms with Crippen molar-refractivity contribution < 1.29 is 38.0 Å². The summed E-state index contributed by atoms with van der Waals surface area (Å²) in [5.41, 5.74) is 4.22. The van der Waals surface area contributed by atoms with Crippen LogP contribution in [0.2, 0.25) is 0 Å². The first kappa shape index (κ1) is 41.8. The fourth-order valence-corrected chi connectivity index (χ4v) is 5.17. The molecule has 4 rings (SSSR count). The van der Waals surface area contributed by atoms with Crippen LogP contribution < -0.4 is 18.9 Å². The van der Waals surface area contributed by atoms with Gasteiger partial charge in [0.05, 0.1) is 40.6 Å². The second kappa shape index (κ2) is 24.6. The smallest absolute Gasteiger partial charge is 0.302 e. The third kappa shape index (κ3) is 17.0. The average Bonchev–Trinajstić information content (AvgIpc) is 3.15. The van der Waals surface area contributed by atoms with Gasteiger partial charge in [-0.2, -0.15) is 0 Å². The lowest BCUT2D eigenvalue weighted by atomic mass is 10.2. The van der Waals surface area contributed by atoms with Crippen molar-refractivity contribution in [1.82, 2.24) is 0 Å². The van der Waals surface area contributed by atoms with Gasteiger partial charge in [0.1, 0.15) is 42.8 Å². The Balaban J connectivity index is 0.000000277. The number of carbonyl (C=O) groups is 1.